The zero-order chi connectivity index (χ0) is 24.5. The van der Waals surface area contributed by atoms with Crippen molar-refractivity contribution in [3.63, 3.8) is 0 Å². The molecule has 3 heteroatoms. The molecule has 0 heterocycles. The third-order valence-corrected chi connectivity index (χ3v) is 10.8. The molecule has 0 aliphatic heterocycles. The smallest absolute Gasteiger partial charge is 0.431 e. The van der Waals surface area contributed by atoms with Crippen LogP contribution in [-0.4, -0.2) is 18.9 Å². The van der Waals surface area contributed by atoms with E-state index in [1.165, 1.54) is 51.4 Å². The molecule has 3 nitrogen and oxygen atoms in total. The van der Waals surface area contributed by atoms with E-state index in [2.05, 4.69) is 47.3 Å². The Kier molecular flexibility index (Phi) is 7.89. The Hall–Kier alpha value is -1.25. The van der Waals surface area contributed by atoms with Crippen LogP contribution in [0.5, 0.6) is 0 Å². The molecule has 0 radical (unpaired) electrons. The molecule has 0 unspecified atom stereocenters. The number of carbonyl (C=O) groups is 1. The molecule has 0 aromatic rings. The van der Waals surface area contributed by atoms with E-state index >= 15 is 0 Å². The molecule has 0 bridgehead atoms. The molecule has 0 saturated heterocycles. The number of fused-ring (bicyclic) bond motifs is 5. The van der Waals surface area contributed by atoms with Gasteiger partial charge in [-0.3, -0.25) is 0 Å². The quantitative estimate of drug-likeness (QED) is 0.263. The molecule has 0 aromatic carbocycles. The summed E-state index contributed by atoms with van der Waals surface area (Å²) in [5, 5.41) is 0. The van der Waals surface area contributed by atoms with E-state index in [1.54, 1.807) is 11.6 Å². The summed E-state index contributed by atoms with van der Waals surface area (Å²) >= 11 is 0. The number of allylic oxidation sites excluding steroid dienone is 1. The Morgan fingerprint density at radius 2 is 1.91 bits per heavy atom. The molecule has 0 aromatic heterocycles. The third kappa shape index (κ3) is 4.87. The van der Waals surface area contributed by atoms with Gasteiger partial charge in [0.2, 0.25) is 0 Å². The maximum atomic E-state index is 12.0. The normalized spacial score (nSPS) is 39.9. The minimum absolute atomic E-state index is 0.0374. The minimum Gasteiger partial charge on any atom is -0.431 e. The van der Waals surface area contributed by atoms with Crippen LogP contribution >= 0.6 is 0 Å². The van der Waals surface area contributed by atoms with Gasteiger partial charge >= 0.3 is 6.16 Å². The zero-order valence-corrected chi connectivity index (χ0v) is 22.6. The Morgan fingerprint density at radius 1 is 1.12 bits per heavy atom. The van der Waals surface area contributed by atoms with E-state index in [1.807, 2.05) is 0 Å². The Bertz CT molecular complexity index is 769. The largest absolute Gasteiger partial charge is 0.508 e. The molecule has 0 N–H and O–H groups in total. The maximum Gasteiger partial charge on any atom is 0.508 e. The lowest BCUT2D eigenvalue weighted by Crippen LogP contribution is -2.51. The highest BCUT2D eigenvalue weighted by Gasteiger charge is 2.59. The van der Waals surface area contributed by atoms with Crippen LogP contribution in [0, 0.1) is 46.3 Å². The van der Waals surface area contributed by atoms with Gasteiger partial charge in [0.1, 0.15) is 12.7 Å². The van der Waals surface area contributed by atoms with E-state index in [0.717, 1.165) is 54.8 Å². The second-order valence-corrected chi connectivity index (χ2v) is 13.1. The van der Waals surface area contributed by atoms with Crippen LogP contribution in [0.4, 0.5) is 4.79 Å². The van der Waals surface area contributed by atoms with Gasteiger partial charge in [-0.25, -0.2) is 4.79 Å². The van der Waals surface area contributed by atoms with Crippen molar-refractivity contribution in [1.29, 1.82) is 0 Å². The van der Waals surface area contributed by atoms with Gasteiger partial charge in [0.05, 0.1) is 0 Å². The summed E-state index contributed by atoms with van der Waals surface area (Å²) in [5.74, 6) is 5.14. The average molecular weight is 471 g/mol. The molecular formula is C31H50O3. The maximum absolute atomic E-state index is 12.0. The molecule has 4 aliphatic rings. The summed E-state index contributed by atoms with van der Waals surface area (Å²) in [7, 11) is 0. The van der Waals surface area contributed by atoms with Crippen molar-refractivity contribution in [1.82, 2.24) is 0 Å². The SMILES string of the molecule is C=CCOC(=O)O[C@H]1CC[C@@]2(C)C(=CC[C@H]3[C@@H]4CC[C@H]([C@H](C)CCCC(C)C)[C@@]4(C)CC[C@@H]32)C1. The van der Waals surface area contributed by atoms with E-state index in [9.17, 15) is 4.79 Å². The van der Waals surface area contributed by atoms with Gasteiger partial charge in [-0.15, -0.1) is 0 Å². The van der Waals surface area contributed by atoms with Crippen LogP contribution in [0.2, 0.25) is 0 Å². The number of carbonyl (C=O) groups excluding carboxylic acids is 1. The molecule has 192 valence electrons. The fourth-order valence-corrected chi connectivity index (χ4v) is 9.05. The highest BCUT2D eigenvalue weighted by atomic mass is 16.7. The number of hydrogen-bond acceptors (Lipinski definition) is 3. The summed E-state index contributed by atoms with van der Waals surface area (Å²) in [6.07, 6.45) is 17.7. The fraction of sp³-hybridized carbons (Fsp3) is 0.839. The second-order valence-electron chi connectivity index (χ2n) is 13.1. The summed E-state index contributed by atoms with van der Waals surface area (Å²) < 4.78 is 10.7. The van der Waals surface area contributed by atoms with Crippen LogP contribution < -0.4 is 0 Å². The molecule has 8 atom stereocenters. The Labute approximate surface area is 209 Å². The van der Waals surface area contributed by atoms with Crippen molar-refractivity contribution in [2.75, 3.05) is 6.61 Å². The molecule has 0 spiro atoms. The summed E-state index contributed by atoms with van der Waals surface area (Å²) in [5.41, 5.74) is 2.38. The van der Waals surface area contributed by atoms with Crippen molar-refractivity contribution in [2.45, 2.75) is 111 Å². The molecular weight excluding hydrogens is 420 g/mol. The average Bonchev–Trinajstić information content (AvgIpc) is 3.15. The van der Waals surface area contributed by atoms with Crippen molar-refractivity contribution in [3.05, 3.63) is 24.3 Å². The van der Waals surface area contributed by atoms with Crippen molar-refractivity contribution in [3.8, 4) is 0 Å². The Balaban J connectivity index is 1.42. The molecule has 34 heavy (non-hydrogen) atoms. The number of rotatable bonds is 8. The van der Waals surface area contributed by atoms with Crippen LogP contribution in [0.25, 0.3) is 0 Å². The predicted octanol–water partition coefficient (Wildman–Crippen LogP) is 8.74. The van der Waals surface area contributed by atoms with Gasteiger partial charge in [0, 0.05) is 6.42 Å². The molecule has 3 saturated carbocycles. The van der Waals surface area contributed by atoms with Crippen molar-refractivity contribution >= 4 is 6.16 Å². The highest BCUT2D eigenvalue weighted by Crippen LogP contribution is 2.67. The van der Waals surface area contributed by atoms with Crippen molar-refractivity contribution in [2.24, 2.45) is 46.3 Å². The van der Waals surface area contributed by atoms with Crippen LogP contribution in [0.15, 0.2) is 24.3 Å². The van der Waals surface area contributed by atoms with Gasteiger partial charge in [-0.05, 0) is 91.3 Å². The minimum atomic E-state index is -0.546. The monoisotopic (exact) mass is 470 g/mol. The first-order chi connectivity index (χ1) is 16.2. The standard InChI is InChI=1S/C31H50O3/c1-7-19-33-29(32)34-24-15-17-30(5)23(20-24)11-12-25-27-14-13-26(22(4)10-8-9-21(2)3)31(27,6)18-16-28(25)30/h7,11,21-22,24-28H,1,8-10,12-20H2,2-6H3/t22-,24+,25+,26-,27+,28+,30+,31-/m1/s1. The summed E-state index contributed by atoms with van der Waals surface area (Å²) in [6, 6.07) is 0. The van der Waals surface area contributed by atoms with Gasteiger partial charge in [-0.1, -0.05) is 78.2 Å². The van der Waals surface area contributed by atoms with Crippen LogP contribution in [-0.2, 0) is 9.47 Å². The number of hydrogen-bond donors (Lipinski definition) is 0. The zero-order valence-electron chi connectivity index (χ0n) is 22.6. The topological polar surface area (TPSA) is 35.5 Å². The highest BCUT2D eigenvalue weighted by molar-refractivity contribution is 5.60. The lowest BCUT2D eigenvalue weighted by Gasteiger charge is -2.58. The van der Waals surface area contributed by atoms with E-state index < -0.39 is 6.16 Å². The van der Waals surface area contributed by atoms with E-state index in [0.29, 0.717) is 5.41 Å². The van der Waals surface area contributed by atoms with E-state index in [4.69, 9.17) is 9.47 Å². The fourth-order valence-electron chi connectivity index (χ4n) is 9.05. The van der Waals surface area contributed by atoms with Gasteiger partial charge in [-0.2, -0.15) is 0 Å². The predicted molar refractivity (Wildman–Crippen MR) is 139 cm³/mol. The molecule has 4 rings (SSSR count). The van der Waals surface area contributed by atoms with Crippen LogP contribution in [0.1, 0.15) is 105 Å². The van der Waals surface area contributed by atoms with Gasteiger partial charge in [0.25, 0.3) is 0 Å². The first-order valence-electron chi connectivity index (χ1n) is 14.3. The lowest BCUT2D eigenvalue weighted by atomic mass is 9.47. The first kappa shape index (κ1) is 25.8. The number of ether oxygens (including phenoxy) is 2. The molecule has 3 fully saturated rings. The third-order valence-electron chi connectivity index (χ3n) is 10.8. The van der Waals surface area contributed by atoms with Gasteiger partial charge in [0.15, 0.2) is 0 Å². The Morgan fingerprint density at radius 3 is 2.65 bits per heavy atom. The molecule has 0 amide bonds. The summed E-state index contributed by atoms with van der Waals surface area (Å²) in [6.45, 7) is 16.3. The van der Waals surface area contributed by atoms with E-state index in [-0.39, 0.29) is 18.1 Å². The lowest BCUT2D eigenvalue weighted by molar-refractivity contribution is -0.0613. The van der Waals surface area contributed by atoms with Gasteiger partial charge < -0.3 is 9.47 Å². The molecule has 4 aliphatic carbocycles. The van der Waals surface area contributed by atoms with Crippen LogP contribution in [0.3, 0.4) is 0 Å². The summed E-state index contributed by atoms with van der Waals surface area (Å²) in [4.78, 5) is 12.0. The van der Waals surface area contributed by atoms with Crippen molar-refractivity contribution < 1.29 is 14.3 Å². The first-order valence-corrected chi connectivity index (χ1v) is 14.3. The second kappa shape index (κ2) is 10.4.